The second-order valence-electron chi connectivity index (χ2n) is 5.52. The molecule has 0 saturated heterocycles. The molecule has 0 aliphatic carbocycles. The Labute approximate surface area is 148 Å². The van der Waals surface area contributed by atoms with Gasteiger partial charge in [0.05, 0.1) is 18.8 Å². The number of nitrogens with one attached hydrogen (secondary N) is 2. The normalized spacial score (nSPS) is 12.0. The van der Waals surface area contributed by atoms with Crippen molar-refractivity contribution in [2.75, 3.05) is 26.3 Å². The predicted molar refractivity (Wildman–Crippen MR) is 93.9 cm³/mol. The summed E-state index contributed by atoms with van der Waals surface area (Å²) < 4.78 is 0. The van der Waals surface area contributed by atoms with Crippen LogP contribution in [0.3, 0.4) is 0 Å². The third-order valence-corrected chi connectivity index (χ3v) is 3.29. The zero-order chi connectivity index (χ0) is 18.9. The highest BCUT2D eigenvalue weighted by Crippen LogP contribution is 2.02. The summed E-state index contributed by atoms with van der Waals surface area (Å²) in [5.41, 5.74) is 5.41. The van der Waals surface area contributed by atoms with E-state index in [1.165, 1.54) is 13.1 Å². The van der Waals surface area contributed by atoms with Gasteiger partial charge in [0.25, 0.3) is 0 Å². The zero-order valence-electron chi connectivity index (χ0n) is 14.8. The molecule has 5 N–H and O–H groups in total. The van der Waals surface area contributed by atoms with Crippen LogP contribution in [0.25, 0.3) is 0 Å². The lowest BCUT2D eigenvalue weighted by atomic mass is 10.1. The van der Waals surface area contributed by atoms with E-state index in [9.17, 15) is 14.4 Å². The summed E-state index contributed by atoms with van der Waals surface area (Å²) in [6, 6.07) is -0.523. The smallest absolute Gasteiger partial charge is 0.221 e. The number of unbranched alkanes of at least 4 members (excludes halogenated alkanes) is 1. The molecule has 9 nitrogen and oxygen atoms in total. The second kappa shape index (κ2) is 15.5. The van der Waals surface area contributed by atoms with Gasteiger partial charge in [-0.15, -0.1) is 0 Å². The molecule has 0 aromatic heterocycles. The first-order valence-corrected chi connectivity index (χ1v) is 8.52. The Kier molecular flexibility index (Phi) is 14.3. The van der Waals surface area contributed by atoms with Gasteiger partial charge in [-0.3, -0.25) is 14.4 Å². The first-order valence-electron chi connectivity index (χ1n) is 8.52. The van der Waals surface area contributed by atoms with Crippen molar-refractivity contribution in [3.8, 4) is 0 Å². The maximum Gasteiger partial charge on any atom is 0.221 e. The van der Waals surface area contributed by atoms with Crippen molar-refractivity contribution >= 4 is 23.8 Å². The summed E-state index contributed by atoms with van der Waals surface area (Å²) >= 11 is 0. The van der Waals surface area contributed by atoms with Gasteiger partial charge in [0.15, 0.2) is 5.78 Å². The van der Waals surface area contributed by atoms with Gasteiger partial charge >= 0.3 is 0 Å². The van der Waals surface area contributed by atoms with Crippen molar-refractivity contribution in [2.24, 2.45) is 10.9 Å². The van der Waals surface area contributed by atoms with Gasteiger partial charge in [0.1, 0.15) is 6.61 Å². The fourth-order valence-electron chi connectivity index (χ4n) is 1.88. The van der Waals surface area contributed by atoms with E-state index in [0.29, 0.717) is 26.0 Å². The van der Waals surface area contributed by atoms with E-state index in [-0.39, 0.29) is 43.6 Å². The van der Waals surface area contributed by atoms with E-state index in [4.69, 9.17) is 15.7 Å². The van der Waals surface area contributed by atoms with Gasteiger partial charge in [-0.25, -0.2) is 0 Å². The highest BCUT2D eigenvalue weighted by atomic mass is 16.6. The number of aliphatic hydroxyl groups is 1. The van der Waals surface area contributed by atoms with Crippen molar-refractivity contribution in [2.45, 2.75) is 51.5 Å². The number of hydrogen-bond acceptors (Lipinski definition) is 7. The first kappa shape index (κ1) is 23.0. The summed E-state index contributed by atoms with van der Waals surface area (Å²) in [6.45, 7) is 2.51. The Balaban J connectivity index is 3.90. The van der Waals surface area contributed by atoms with Crippen LogP contribution in [0.2, 0.25) is 0 Å². The Hall–Kier alpha value is -2.00. The van der Waals surface area contributed by atoms with E-state index >= 15 is 0 Å². The van der Waals surface area contributed by atoms with Gasteiger partial charge < -0.3 is 26.3 Å². The average Bonchev–Trinajstić information content (AvgIpc) is 2.58. The molecule has 0 aliphatic heterocycles. The van der Waals surface area contributed by atoms with Crippen molar-refractivity contribution in [1.29, 1.82) is 0 Å². The van der Waals surface area contributed by atoms with Gasteiger partial charge in [-0.05, 0) is 32.7 Å². The SMILES string of the molecule is CC(=O)C(CCCCN)NC(=O)CCC(=O)NC/C=N\OCCCO. The maximum atomic E-state index is 11.8. The standard InChI is InChI=1S/C16H30N4O5/c1-13(22)14(5-2-3-8-17)20-16(24)7-6-15(23)18-9-10-19-25-12-4-11-21/h10,14,21H,2-9,11-12,17H2,1H3,(H,18,23)(H,20,24)/b19-10-. The average molecular weight is 358 g/mol. The molecule has 0 saturated carbocycles. The number of nitrogens with two attached hydrogens (primary N) is 1. The number of aliphatic hydroxyl groups excluding tert-OH is 1. The van der Waals surface area contributed by atoms with Crippen LogP contribution in [0.15, 0.2) is 5.16 Å². The molecular formula is C16H30N4O5. The summed E-state index contributed by atoms with van der Waals surface area (Å²) in [5, 5.41) is 17.4. The highest BCUT2D eigenvalue weighted by molar-refractivity contribution is 5.89. The minimum atomic E-state index is -0.523. The van der Waals surface area contributed by atoms with Crippen LogP contribution in [-0.4, -0.2) is 61.3 Å². The zero-order valence-corrected chi connectivity index (χ0v) is 14.8. The molecule has 0 heterocycles. The molecule has 1 unspecified atom stereocenters. The molecule has 0 rings (SSSR count). The summed E-state index contributed by atoms with van der Waals surface area (Å²) in [5.74, 6) is -0.726. The Bertz CT molecular complexity index is 429. The summed E-state index contributed by atoms with van der Waals surface area (Å²) in [7, 11) is 0. The van der Waals surface area contributed by atoms with Crippen LogP contribution >= 0.6 is 0 Å². The summed E-state index contributed by atoms with van der Waals surface area (Å²) in [4.78, 5) is 39.8. The van der Waals surface area contributed by atoms with Crippen LogP contribution in [0.4, 0.5) is 0 Å². The van der Waals surface area contributed by atoms with Crippen molar-refractivity contribution < 1.29 is 24.3 Å². The van der Waals surface area contributed by atoms with E-state index in [1.807, 2.05) is 0 Å². The molecule has 1 atom stereocenters. The monoisotopic (exact) mass is 358 g/mol. The van der Waals surface area contributed by atoms with E-state index in [2.05, 4.69) is 15.8 Å². The van der Waals surface area contributed by atoms with E-state index < -0.39 is 6.04 Å². The lowest BCUT2D eigenvalue weighted by molar-refractivity contribution is -0.128. The number of nitrogens with zero attached hydrogens (tertiary/aromatic N) is 1. The minimum absolute atomic E-state index is 0.0106. The number of oxime groups is 1. The quantitative estimate of drug-likeness (QED) is 0.176. The number of amides is 2. The van der Waals surface area contributed by atoms with Crippen molar-refractivity contribution in [3.63, 3.8) is 0 Å². The van der Waals surface area contributed by atoms with Gasteiger partial charge in [-0.1, -0.05) is 5.16 Å². The van der Waals surface area contributed by atoms with E-state index in [0.717, 1.165) is 12.8 Å². The highest BCUT2D eigenvalue weighted by Gasteiger charge is 2.16. The first-order chi connectivity index (χ1) is 12.0. The van der Waals surface area contributed by atoms with Crippen LogP contribution in [-0.2, 0) is 19.2 Å². The Morgan fingerprint density at radius 1 is 1.20 bits per heavy atom. The Morgan fingerprint density at radius 2 is 1.92 bits per heavy atom. The Morgan fingerprint density at radius 3 is 2.56 bits per heavy atom. The molecule has 0 aliphatic rings. The number of rotatable bonds is 15. The van der Waals surface area contributed by atoms with E-state index in [1.54, 1.807) is 0 Å². The number of hydrogen-bond donors (Lipinski definition) is 4. The summed E-state index contributed by atoms with van der Waals surface area (Å²) in [6.07, 6.45) is 4.03. The molecule has 0 aromatic rings. The maximum absolute atomic E-state index is 11.8. The molecule has 144 valence electrons. The van der Waals surface area contributed by atoms with Gasteiger partial charge in [0.2, 0.25) is 11.8 Å². The van der Waals surface area contributed by atoms with Crippen molar-refractivity contribution in [3.05, 3.63) is 0 Å². The third kappa shape index (κ3) is 14.1. The van der Waals surface area contributed by atoms with Gasteiger partial charge in [0, 0.05) is 25.9 Å². The largest absolute Gasteiger partial charge is 0.396 e. The lowest BCUT2D eigenvalue weighted by Crippen LogP contribution is -2.40. The molecule has 0 fully saturated rings. The molecule has 25 heavy (non-hydrogen) atoms. The lowest BCUT2D eigenvalue weighted by Gasteiger charge is -2.15. The van der Waals surface area contributed by atoms with Gasteiger partial charge in [-0.2, -0.15) is 0 Å². The fraction of sp³-hybridized carbons (Fsp3) is 0.750. The number of ketones is 1. The van der Waals surface area contributed by atoms with Crippen molar-refractivity contribution in [1.82, 2.24) is 10.6 Å². The van der Waals surface area contributed by atoms with Crippen LogP contribution in [0.5, 0.6) is 0 Å². The molecule has 2 amide bonds. The molecular weight excluding hydrogens is 328 g/mol. The third-order valence-electron chi connectivity index (χ3n) is 3.29. The van der Waals surface area contributed by atoms with Crippen LogP contribution in [0.1, 0.15) is 45.4 Å². The number of Topliss-reactive ketones (excluding diaryl/α,β-unsaturated/α-hetero) is 1. The van der Waals surface area contributed by atoms with Crippen LogP contribution in [0, 0.1) is 0 Å². The number of carbonyl (C=O) groups excluding carboxylic acids is 3. The molecule has 0 spiro atoms. The topological polar surface area (TPSA) is 143 Å². The molecule has 0 aromatic carbocycles. The minimum Gasteiger partial charge on any atom is -0.396 e. The predicted octanol–water partition coefficient (Wildman–Crippen LogP) is -0.530. The van der Waals surface area contributed by atoms with Crippen LogP contribution < -0.4 is 16.4 Å². The number of carbonyl (C=O) groups is 3. The molecule has 0 radical (unpaired) electrons. The second-order valence-corrected chi connectivity index (χ2v) is 5.52. The molecule has 0 bridgehead atoms. The fourth-order valence-corrected chi connectivity index (χ4v) is 1.88. The molecule has 9 heteroatoms.